The molecule has 12 heavy (non-hydrogen) atoms. The first-order valence-corrected chi connectivity index (χ1v) is 5.21. The second kappa shape index (κ2) is 3.25. The van der Waals surface area contributed by atoms with Gasteiger partial charge in [-0.1, -0.05) is 6.42 Å². The molecule has 2 rings (SSSR count). The second-order valence-electron chi connectivity index (χ2n) is 4.00. The third kappa shape index (κ3) is 1.45. The molecular formula is C9H15ClN2. The van der Waals surface area contributed by atoms with Gasteiger partial charge in [-0.2, -0.15) is 0 Å². The maximum atomic E-state index is 5.60. The van der Waals surface area contributed by atoms with E-state index in [1.54, 1.807) is 0 Å². The van der Waals surface area contributed by atoms with E-state index in [1.807, 2.05) is 0 Å². The van der Waals surface area contributed by atoms with Crippen molar-refractivity contribution < 1.29 is 0 Å². The van der Waals surface area contributed by atoms with Crippen LogP contribution in [0, 0.1) is 11.8 Å². The molecule has 3 atom stereocenters. The number of halogens is 1. The van der Waals surface area contributed by atoms with E-state index in [0.29, 0.717) is 17.8 Å². The molecule has 2 nitrogen and oxygen atoms in total. The Morgan fingerprint density at radius 2 is 2.25 bits per heavy atom. The number of amidine groups is 1. The van der Waals surface area contributed by atoms with Gasteiger partial charge < -0.3 is 5.73 Å². The van der Waals surface area contributed by atoms with Crippen LogP contribution in [0.2, 0.25) is 0 Å². The van der Waals surface area contributed by atoms with Crippen molar-refractivity contribution in [2.24, 2.45) is 22.6 Å². The van der Waals surface area contributed by atoms with Crippen molar-refractivity contribution in [1.29, 1.82) is 0 Å². The number of rotatable bonds is 2. The topological polar surface area (TPSA) is 38.4 Å². The predicted molar refractivity (Wildman–Crippen MR) is 51.6 cm³/mol. The van der Waals surface area contributed by atoms with Crippen LogP contribution in [-0.2, 0) is 0 Å². The van der Waals surface area contributed by atoms with Crippen molar-refractivity contribution >= 4 is 17.4 Å². The molecule has 0 heterocycles. The van der Waals surface area contributed by atoms with E-state index in [-0.39, 0.29) is 0 Å². The van der Waals surface area contributed by atoms with E-state index in [0.717, 1.165) is 11.8 Å². The van der Waals surface area contributed by atoms with Crippen molar-refractivity contribution in [1.82, 2.24) is 0 Å². The number of hydrogen-bond acceptors (Lipinski definition) is 1. The van der Waals surface area contributed by atoms with Gasteiger partial charge in [-0.15, -0.1) is 11.6 Å². The second-order valence-corrected chi connectivity index (χ2v) is 4.26. The highest BCUT2D eigenvalue weighted by molar-refractivity contribution is 6.27. The monoisotopic (exact) mass is 186 g/mol. The highest BCUT2D eigenvalue weighted by Crippen LogP contribution is 2.45. The fourth-order valence-corrected chi connectivity index (χ4v) is 2.69. The molecule has 0 radical (unpaired) electrons. The summed E-state index contributed by atoms with van der Waals surface area (Å²) in [6.07, 6.45) is 5.40. The summed E-state index contributed by atoms with van der Waals surface area (Å²) in [5.41, 5.74) is 5.60. The Balaban J connectivity index is 1.98. The zero-order chi connectivity index (χ0) is 8.55. The van der Waals surface area contributed by atoms with E-state index in [1.165, 1.54) is 25.7 Å². The predicted octanol–water partition coefficient (Wildman–Crippen LogP) is 1.77. The van der Waals surface area contributed by atoms with Gasteiger partial charge in [0.1, 0.15) is 5.84 Å². The van der Waals surface area contributed by atoms with E-state index in [4.69, 9.17) is 17.3 Å². The third-order valence-corrected chi connectivity index (χ3v) is 3.44. The van der Waals surface area contributed by atoms with Crippen LogP contribution in [0.15, 0.2) is 4.99 Å². The normalized spacial score (nSPS) is 40.8. The fourth-order valence-electron chi connectivity index (χ4n) is 2.62. The molecule has 0 aromatic rings. The molecule has 2 aliphatic rings. The number of hydrogen-bond donors (Lipinski definition) is 1. The standard InChI is InChI=1S/C9H15ClN2/c10-5-9(11)12-8-4-6-1-2-7(8)3-6/h6-8H,1-5H2,(H2,11,12). The van der Waals surface area contributed by atoms with Gasteiger partial charge in [0.05, 0.1) is 11.9 Å². The average Bonchev–Trinajstić information content (AvgIpc) is 2.64. The van der Waals surface area contributed by atoms with Gasteiger partial charge >= 0.3 is 0 Å². The Kier molecular flexibility index (Phi) is 2.26. The lowest BCUT2D eigenvalue weighted by Gasteiger charge is -2.17. The van der Waals surface area contributed by atoms with Crippen LogP contribution < -0.4 is 5.73 Å². The third-order valence-electron chi connectivity index (χ3n) is 3.17. The minimum Gasteiger partial charge on any atom is -0.386 e. The zero-order valence-corrected chi connectivity index (χ0v) is 7.93. The lowest BCUT2D eigenvalue weighted by molar-refractivity contribution is 0.420. The van der Waals surface area contributed by atoms with Gasteiger partial charge in [0, 0.05) is 0 Å². The lowest BCUT2D eigenvalue weighted by Crippen LogP contribution is -2.21. The Labute approximate surface area is 78.2 Å². The van der Waals surface area contributed by atoms with Gasteiger partial charge in [-0.3, -0.25) is 4.99 Å². The molecule has 2 bridgehead atoms. The Hall–Kier alpha value is -0.240. The van der Waals surface area contributed by atoms with Crippen LogP contribution in [0.1, 0.15) is 25.7 Å². The van der Waals surface area contributed by atoms with Crippen LogP contribution >= 0.6 is 11.6 Å². The quantitative estimate of drug-likeness (QED) is 0.399. The molecule has 0 aromatic heterocycles. The van der Waals surface area contributed by atoms with Crippen LogP contribution in [-0.4, -0.2) is 17.8 Å². The van der Waals surface area contributed by atoms with Crippen LogP contribution in [0.25, 0.3) is 0 Å². The minimum absolute atomic E-state index is 0.383. The van der Waals surface area contributed by atoms with Crippen LogP contribution in [0.5, 0.6) is 0 Å². The molecule has 3 heteroatoms. The number of aliphatic imine (C=N–C) groups is 1. The molecule has 68 valence electrons. The number of fused-ring (bicyclic) bond motifs is 2. The minimum atomic E-state index is 0.383. The first-order chi connectivity index (χ1) is 5.79. The smallest absolute Gasteiger partial charge is 0.109 e. The molecule has 3 unspecified atom stereocenters. The van der Waals surface area contributed by atoms with Gasteiger partial charge in [0.2, 0.25) is 0 Å². The van der Waals surface area contributed by atoms with Gasteiger partial charge in [0.15, 0.2) is 0 Å². The first-order valence-electron chi connectivity index (χ1n) is 4.67. The van der Waals surface area contributed by atoms with Gasteiger partial charge in [-0.05, 0) is 31.1 Å². The summed E-state index contributed by atoms with van der Waals surface area (Å²) in [6, 6.07) is 0.502. The molecule has 2 fully saturated rings. The molecule has 0 aliphatic heterocycles. The number of alkyl halides is 1. The summed E-state index contributed by atoms with van der Waals surface area (Å²) >= 11 is 5.58. The zero-order valence-electron chi connectivity index (χ0n) is 7.17. The molecule has 0 saturated heterocycles. The van der Waals surface area contributed by atoms with Crippen molar-refractivity contribution in [2.45, 2.75) is 31.7 Å². The Morgan fingerprint density at radius 3 is 2.75 bits per heavy atom. The molecular weight excluding hydrogens is 172 g/mol. The molecule has 2 N–H and O–H groups in total. The fraction of sp³-hybridized carbons (Fsp3) is 0.889. The highest BCUT2D eigenvalue weighted by Gasteiger charge is 2.39. The van der Waals surface area contributed by atoms with E-state index in [2.05, 4.69) is 4.99 Å². The van der Waals surface area contributed by atoms with E-state index >= 15 is 0 Å². The van der Waals surface area contributed by atoms with Gasteiger partial charge in [0.25, 0.3) is 0 Å². The van der Waals surface area contributed by atoms with Gasteiger partial charge in [-0.25, -0.2) is 0 Å². The molecule has 0 amide bonds. The van der Waals surface area contributed by atoms with Crippen molar-refractivity contribution in [3.8, 4) is 0 Å². The summed E-state index contributed by atoms with van der Waals surface area (Å²) in [6.45, 7) is 0. The number of nitrogens with zero attached hydrogens (tertiary/aromatic N) is 1. The first kappa shape index (κ1) is 8.36. The highest BCUT2D eigenvalue weighted by atomic mass is 35.5. The van der Waals surface area contributed by atoms with Crippen LogP contribution in [0.3, 0.4) is 0 Å². The molecule has 0 spiro atoms. The summed E-state index contributed by atoms with van der Waals surface area (Å²) in [4.78, 5) is 4.44. The summed E-state index contributed by atoms with van der Waals surface area (Å²) in [5.74, 6) is 2.76. The van der Waals surface area contributed by atoms with Crippen molar-refractivity contribution in [2.75, 3.05) is 5.88 Å². The van der Waals surface area contributed by atoms with E-state index < -0.39 is 0 Å². The lowest BCUT2D eigenvalue weighted by atomic mass is 9.96. The number of nitrogens with two attached hydrogens (primary N) is 1. The van der Waals surface area contributed by atoms with E-state index in [9.17, 15) is 0 Å². The summed E-state index contributed by atoms with van der Waals surface area (Å²) < 4.78 is 0. The maximum absolute atomic E-state index is 5.60. The summed E-state index contributed by atoms with van der Waals surface area (Å²) in [5, 5.41) is 0. The average molecular weight is 187 g/mol. The Bertz CT molecular complexity index is 203. The Morgan fingerprint density at radius 1 is 1.42 bits per heavy atom. The van der Waals surface area contributed by atoms with Crippen LogP contribution in [0.4, 0.5) is 0 Å². The molecule has 0 aromatic carbocycles. The molecule has 2 saturated carbocycles. The van der Waals surface area contributed by atoms with Crippen molar-refractivity contribution in [3.05, 3.63) is 0 Å². The molecule has 2 aliphatic carbocycles. The SMILES string of the molecule is NC(CCl)=NC1CC2CCC1C2. The summed E-state index contributed by atoms with van der Waals surface area (Å²) in [7, 11) is 0. The maximum Gasteiger partial charge on any atom is 0.109 e. The van der Waals surface area contributed by atoms with Crippen molar-refractivity contribution in [3.63, 3.8) is 0 Å². The largest absolute Gasteiger partial charge is 0.386 e.